The number of carbonyl (C=O) groups is 1. The van der Waals surface area contributed by atoms with E-state index in [4.69, 9.17) is 5.11 Å². The minimum Gasteiger partial charge on any atom is -0.392 e. The lowest BCUT2D eigenvalue weighted by atomic mass is 10.1. The number of benzene rings is 1. The number of aliphatic hydroxyl groups is 1. The van der Waals surface area contributed by atoms with Gasteiger partial charge >= 0.3 is 0 Å². The SMILES string of the molecule is CN1C(=O)Cc2c(CO)cccc21. The molecule has 1 aromatic carbocycles. The quantitative estimate of drug-likeness (QED) is 0.686. The minimum absolute atomic E-state index is 0.00426. The van der Waals surface area contributed by atoms with E-state index in [9.17, 15) is 4.79 Å². The Morgan fingerprint density at radius 2 is 2.31 bits per heavy atom. The zero-order chi connectivity index (χ0) is 9.42. The first kappa shape index (κ1) is 8.26. The Balaban J connectivity index is 2.55. The number of fused-ring (bicyclic) bond motifs is 1. The van der Waals surface area contributed by atoms with Crippen molar-refractivity contribution in [1.82, 2.24) is 0 Å². The highest BCUT2D eigenvalue weighted by molar-refractivity contribution is 6.01. The molecule has 0 fully saturated rings. The monoisotopic (exact) mass is 177 g/mol. The maximum absolute atomic E-state index is 11.3. The molecule has 1 amide bonds. The summed E-state index contributed by atoms with van der Waals surface area (Å²) in [6, 6.07) is 5.62. The molecule has 0 aromatic heterocycles. The van der Waals surface area contributed by atoms with Gasteiger partial charge in [0, 0.05) is 12.7 Å². The maximum atomic E-state index is 11.3. The van der Waals surface area contributed by atoms with Crippen LogP contribution in [-0.4, -0.2) is 18.1 Å². The van der Waals surface area contributed by atoms with Crippen molar-refractivity contribution in [2.75, 3.05) is 11.9 Å². The summed E-state index contributed by atoms with van der Waals surface area (Å²) >= 11 is 0. The third-order valence-corrected chi connectivity index (χ3v) is 2.48. The van der Waals surface area contributed by atoms with Gasteiger partial charge in [0.15, 0.2) is 0 Å². The summed E-state index contributed by atoms with van der Waals surface area (Å²) in [4.78, 5) is 13.0. The molecule has 1 N–H and O–H groups in total. The Kier molecular flexibility index (Phi) is 1.81. The number of rotatable bonds is 1. The Morgan fingerprint density at radius 1 is 1.54 bits per heavy atom. The molecule has 0 saturated carbocycles. The molecule has 1 aromatic rings. The predicted molar refractivity (Wildman–Crippen MR) is 49.5 cm³/mol. The van der Waals surface area contributed by atoms with E-state index in [0.717, 1.165) is 16.8 Å². The lowest BCUT2D eigenvalue weighted by Gasteiger charge is -2.10. The van der Waals surface area contributed by atoms with Crippen LogP contribution >= 0.6 is 0 Å². The summed E-state index contributed by atoms with van der Waals surface area (Å²) in [5.74, 6) is 0.0934. The van der Waals surface area contributed by atoms with E-state index >= 15 is 0 Å². The van der Waals surface area contributed by atoms with Gasteiger partial charge in [-0.15, -0.1) is 0 Å². The van der Waals surface area contributed by atoms with E-state index < -0.39 is 0 Å². The van der Waals surface area contributed by atoms with Crippen LogP contribution in [0, 0.1) is 0 Å². The van der Waals surface area contributed by atoms with Gasteiger partial charge in [-0.2, -0.15) is 0 Å². The number of aliphatic hydroxyl groups excluding tert-OH is 1. The van der Waals surface area contributed by atoms with Gasteiger partial charge < -0.3 is 10.0 Å². The summed E-state index contributed by atoms with van der Waals surface area (Å²) in [7, 11) is 1.76. The van der Waals surface area contributed by atoms with Gasteiger partial charge in [-0.25, -0.2) is 0 Å². The number of carbonyl (C=O) groups excluding carboxylic acids is 1. The van der Waals surface area contributed by atoms with E-state index in [1.807, 2.05) is 18.2 Å². The Morgan fingerprint density at radius 3 is 3.00 bits per heavy atom. The first-order chi connectivity index (χ1) is 6.24. The number of hydrogen-bond acceptors (Lipinski definition) is 2. The lowest BCUT2D eigenvalue weighted by molar-refractivity contribution is -0.117. The molecule has 0 atom stereocenters. The van der Waals surface area contributed by atoms with Gasteiger partial charge in [0.05, 0.1) is 13.0 Å². The van der Waals surface area contributed by atoms with Crippen molar-refractivity contribution in [3.05, 3.63) is 29.3 Å². The second-order valence-corrected chi connectivity index (χ2v) is 3.20. The molecule has 3 heteroatoms. The molecule has 0 saturated heterocycles. The third-order valence-electron chi connectivity index (χ3n) is 2.48. The van der Waals surface area contributed by atoms with Crippen molar-refractivity contribution in [2.45, 2.75) is 13.0 Å². The summed E-state index contributed by atoms with van der Waals surface area (Å²) in [6.45, 7) is 0.00426. The Labute approximate surface area is 76.6 Å². The van der Waals surface area contributed by atoms with E-state index in [1.165, 1.54) is 0 Å². The van der Waals surface area contributed by atoms with Crippen molar-refractivity contribution in [2.24, 2.45) is 0 Å². The average molecular weight is 177 g/mol. The minimum atomic E-state index is 0.00426. The number of anilines is 1. The van der Waals surface area contributed by atoms with E-state index in [2.05, 4.69) is 0 Å². The van der Waals surface area contributed by atoms with Gasteiger partial charge in [-0.3, -0.25) is 4.79 Å². The van der Waals surface area contributed by atoms with Gasteiger partial charge in [0.1, 0.15) is 0 Å². The zero-order valence-electron chi connectivity index (χ0n) is 7.45. The Bertz CT molecular complexity index is 360. The highest BCUT2D eigenvalue weighted by atomic mass is 16.3. The Hall–Kier alpha value is -1.35. The van der Waals surface area contributed by atoms with Crippen molar-refractivity contribution >= 4 is 11.6 Å². The molecule has 0 aliphatic carbocycles. The van der Waals surface area contributed by atoms with Crippen LogP contribution < -0.4 is 4.90 Å². The average Bonchev–Trinajstić information content (AvgIpc) is 2.43. The molecule has 1 aliphatic rings. The van der Waals surface area contributed by atoms with Gasteiger partial charge in [-0.05, 0) is 17.2 Å². The van der Waals surface area contributed by atoms with Crippen LogP contribution in [0.4, 0.5) is 5.69 Å². The highest BCUT2D eigenvalue weighted by Crippen LogP contribution is 2.30. The molecule has 3 nitrogen and oxygen atoms in total. The van der Waals surface area contributed by atoms with Crippen molar-refractivity contribution in [1.29, 1.82) is 0 Å². The molecule has 1 aliphatic heterocycles. The molecule has 68 valence electrons. The fourth-order valence-corrected chi connectivity index (χ4v) is 1.69. The molecule has 2 rings (SSSR count). The molecule has 0 spiro atoms. The number of hydrogen-bond donors (Lipinski definition) is 1. The smallest absolute Gasteiger partial charge is 0.231 e. The third kappa shape index (κ3) is 1.12. The van der Waals surface area contributed by atoms with Crippen LogP contribution in [0.5, 0.6) is 0 Å². The van der Waals surface area contributed by atoms with Crippen LogP contribution in [0.25, 0.3) is 0 Å². The van der Waals surface area contributed by atoms with Crippen LogP contribution in [0.1, 0.15) is 11.1 Å². The highest BCUT2D eigenvalue weighted by Gasteiger charge is 2.25. The van der Waals surface area contributed by atoms with E-state index in [0.29, 0.717) is 6.42 Å². The first-order valence-electron chi connectivity index (χ1n) is 4.22. The summed E-state index contributed by atoms with van der Waals surface area (Å²) in [5.41, 5.74) is 2.75. The first-order valence-corrected chi connectivity index (χ1v) is 4.22. The van der Waals surface area contributed by atoms with E-state index in [-0.39, 0.29) is 12.5 Å². The topological polar surface area (TPSA) is 40.5 Å². The maximum Gasteiger partial charge on any atom is 0.231 e. The summed E-state index contributed by atoms with van der Waals surface area (Å²) in [6.07, 6.45) is 0.419. The van der Waals surface area contributed by atoms with Gasteiger partial charge in [-0.1, -0.05) is 12.1 Å². The summed E-state index contributed by atoms with van der Waals surface area (Å²) < 4.78 is 0. The predicted octanol–water partition coefficient (Wildman–Crippen LogP) is 0.698. The van der Waals surface area contributed by atoms with Crippen LogP contribution in [0.3, 0.4) is 0 Å². The lowest BCUT2D eigenvalue weighted by Crippen LogP contribution is -2.20. The second kappa shape index (κ2) is 2.85. The molecular formula is C10H11NO2. The number of amides is 1. The normalized spacial score (nSPS) is 14.9. The molecule has 13 heavy (non-hydrogen) atoms. The fourth-order valence-electron chi connectivity index (χ4n) is 1.69. The largest absolute Gasteiger partial charge is 0.392 e. The number of likely N-dealkylation sites (N-methyl/N-ethyl adjacent to an activating group) is 1. The van der Waals surface area contributed by atoms with Crippen molar-refractivity contribution in [3.63, 3.8) is 0 Å². The van der Waals surface area contributed by atoms with Gasteiger partial charge in [0.2, 0.25) is 5.91 Å². The van der Waals surface area contributed by atoms with Crippen LogP contribution in [0.15, 0.2) is 18.2 Å². The summed E-state index contributed by atoms with van der Waals surface area (Å²) in [5, 5.41) is 9.04. The van der Waals surface area contributed by atoms with Gasteiger partial charge in [0.25, 0.3) is 0 Å². The van der Waals surface area contributed by atoms with Crippen molar-refractivity contribution in [3.8, 4) is 0 Å². The van der Waals surface area contributed by atoms with Crippen LogP contribution in [-0.2, 0) is 17.8 Å². The fraction of sp³-hybridized carbons (Fsp3) is 0.300. The number of nitrogens with zero attached hydrogens (tertiary/aromatic N) is 1. The second-order valence-electron chi connectivity index (χ2n) is 3.20. The molecule has 0 bridgehead atoms. The molecular weight excluding hydrogens is 166 g/mol. The molecule has 1 heterocycles. The van der Waals surface area contributed by atoms with E-state index in [1.54, 1.807) is 11.9 Å². The molecule has 0 unspecified atom stereocenters. The standard InChI is InChI=1S/C10H11NO2/c1-11-9-4-2-3-7(6-12)8(9)5-10(11)13/h2-4,12H,5-6H2,1H3. The molecule has 0 radical (unpaired) electrons. The van der Waals surface area contributed by atoms with Crippen LogP contribution in [0.2, 0.25) is 0 Å². The zero-order valence-corrected chi connectivity index (χ0v) is 7.45. The van der Waals surface area contributed by atoms with Crippen molar-refractivity contribution < 1.29 is 9.90 Å².